The van der Waals surface area contributed by atoms with Crippen LogP contribution < -0.4 is 5.43 Å². The van der Waals surface area contributed by atoms with Crippen LogP contribution in [0.15, 0.2) is 65.8 Å². The van der Waals surface area contributed by atoms with Crippen LogP contribution in [0.1, 0.15) is 27.0 Å². The number of rotatable bonds is 5. The van der Waals surface area contributed by atoms with Crippen molar-refractivity contribution in [3.05, 3.63) is 93.0 Å². The lowest BCUT2D eigenvalue weighted by Crippen LogP contribution is -2.17. The molecule has 1 amide bonds. The summed E-state index contributed by atoms with van der Waals surface area (Å²) in [6.45, 7) is 0. The number of nitrogens with one attached hydrogen (secondary N) is 1. The van der Waals surface area contributed by atoms with E-state index in [0.29, 0.717) is 22.0 Å². The molecule has 3 rings (SSSR count). The van der Waals surface area contributed by atoms with Gasteiger partial charge in [0.05, 0.1) is 11.8 Å². The van der Waals surface area contributed by atoms with Crippen molar-refractivity contribution in [3.63, 3.8) is 0 Å². The first-order chi connectivity index (χ1) is 13.4. The molecule has 3 aromatic rings. The van der Waals surface area contributed by atoms with Gasteiger partial charge in [-0.1, -0.05) is 47.5 Å². The number of hydrogen-bond acceptors (Lipinski definition) is 4. The highest BCUT2D eigenvalue weighted by Gasteiger charge is 2.11. The van der Waals surface area contributed by atoms with Gasteiger partial charge in [0.1, 0.15) is 11.5 Å². The molecule has 7 heteroatoms. The van der Waals surface area contributed by atoms with Crippen LogP contribution in [-0.2, 0) is 6.42 Å². The number of amides is 1. The Labute approximate surface area is 171 Å². The molecule has 0 unspecified atom stereocenters. The largest absolute Gasteiger partial charge is 0.507 e. The minimum absolute atomic E-state index is 0.00124. The molecule has 0 spiro atoms. The summed E-state index contributed by atoms with van der Waals surface area (Å²) < 4.78 is 0. The van der Waals surface area contributed by atoms with Crippen molar-refractivity contribution in [3.8, 4) is 11.5 Å². The van der Waals surface area contributed by atoms with Gasteiger partial charge in [0, 0.05) is 15.6 Å². The number of phenols is 2. The summed E-state index contributed by atoms with van der Waals surface area (Å²) in [6, 6.07) is 16.8. The standard InChI is InChI=1S/C21H16Cl2N2O3/c22-16-6-8-20(27)17(11-16)21(28)25-24-12-15-10-13(5-7-19(15)26)9-14-3-1-2-4-18(14)23/h1-8,10-12,26-27H,9H2,(H,25,28)/b24-12+. The van der Waals surface area contributed by atoms with E-state index in [1.54, 1.807) is 18.2 Å². The van der Waals surface area contributed by atoms with E-state index in [-0.39, 0.29) is 17.1 Å². The molecule has 0 aliphatic rings. The average molecular weight is 415 g/mol. The molecule has 0 heterocycles. The Morgan fingerprint density at radius 2 is 1.75 bits per heavy atom. The lowest BCUT2D eigenvalue weighted by Gasteiger charge is -2.07. The Balaban J connectivity index is 1.74. The molecule has 0 aliphatic heterocycles. The van der Waals surface area contributed by atoms with Gasteiger partial charge in [0.25, 0.3) is 5.91 Å². The number of phenolic OH excluding ortho intramolecular Hbond substituents is 2. The first-order valence-corrected chi connectivity index (χ1v) is 9.07. The van der Waals surface area contributed by atoms with Gasteiger partial charge in [-0.25, -0.2) is 5.43 Å². The second-order valence-corrected chi connectivity index (χ2v) is 6.87. The lowest BCUT2D eigenvalue weighted by molar-refractivity contribution is 0.0952. The third-order valence-electron chi connectivity index (χ3n) is 4.02. The van der Waals surface area contributed by atoms with E-state index in [0.717, 1.165) is 11.1 Å². The first kappa shape index (κ1) is 19.7. The van der Waals surface area contributed by atoms with Crippen LogP contribution in [0.5, 0.6) is 11.5 Å². The third kappa shape index (κ3) is 4.82. The second kappa shape index (κ2) is 8.78. The highest BCUT2D eigenvalue weighted by atomic mass is 35.5. The molecule has 142 valence electrons. The predicted molar refractivity (Wildman–Crippen MR) is 111 cm³/mol. The maximum absolute atomic E-state index is 12.1. The van der Waals surface area contributed by atoms with Crippen molar-refractivity contribution in [1.29, 1.82) is 0 Å². The molecule has 0 bridgehead atoms. The predicted octanol–water partition coefficient (Wildman–Crippen LogP) is 4.76. The average Bonchev–Trinajstić information content (AvgIpc) is 2.68. The van der Waals surface area contributed by atoms with E-state index < -0.39 is 5.91 Å². The zero-order valence-corrected chi connectivity index (χ0v) is 16.1. The smallest absolute Gasteiger partial charge is 0.275 e. The fourth-order valence-electron chi connectivity index (χ4n) is 2.59. The lowest BCUT2D eigenvalue weighted by atomic mass is 10.0. The molecule has 3 N–H and O–H groups in total. The van der Waals surface area contributed by atoms with Crippen molar-refractivity contribution in [1.82, 2.24) is 5.43 Å². The van der Waals surface area contributed by atoms with Crippen LogP contribution in [0.3, 0.4) is 0 Å². The Kier molecular flexibility index (Phi) is 6.19. The summed E-state index contributed by atoms with van der Waals surface area (Å²) in [6.07, 6.45) is 1.91. The van der Waals surface area contributed by atoms with Crippen molar-refractivity contribution in [2.75, 3.05) is 0 Å². The Hall–Kier alpha value is -3.02. The number of aromatic hydroxyl groups is 2. The minimum Gasteiger partial charge on any atom is -0.507 e. The molecule has 0 atom stereocenters. The Bertz CT molecular complexity index is 1050. The minimum atomic E-state index is -0.622. The van der Waals surface area contributed by atoms with Gasteiger partial charge in [-0.3, -0.25) is 4.79 Å². The zero-order valence-electron chi connectivity index (χ0n) is 14.6. The van der Waals surface area contributed by atoms with Gasteiger partial charge >= 0.3 is 0 Å². The van der Waals surface area contributed by atoms with E-state index in [4.69, 9.17) is 23.2 Å². The monoisotopic (exact) mass is 414 g/mol. The van der Waals surface area contributed by atoms with Crippen molar-refractivity contribution in [2.24, 2.45) is 5.10 Å². The van der Waals surface area contributed by atoms with Gasteiger partial charge < -0.3 is 10.2 Å². The SMILES string of the molecule is O=C(N/N=C/c1cc(Cc2ccccc2Cl)ccc1O)c1cc(Cl)ccc1O. The molecule has 3 aromatic carbocycles. The van der Waals surface area contributed by atoms with Crippen molar-refractivity contribution < 1.29 is 15.0 Å². The number of benzene rings is 3. The van der Waals surface area contributed by atoms with Crippen molar-refractivity contribution >= 4 is 35.3 Å². The van der Waals surface area contributed by atoms with E-state index >= 15 is 0 Å². The molecule has 0 aromatic heterocycles. The van der Waals surface area contributed by atoms with Gasteiger partial charge in [-0.2, -0.15) is 5.10 Å². The van der Waals surface area contributed by atoms with Gasteiger partial charge in [0.15, 0.2) is 0 Å². The molecule has 0 fully saturated rings. The molecular formula is C21H16Cl2N2O3. The summed E-state index contributed by atoms with van der Waals surface area (Å²) in [5.41, 5.74) is 4.62. The van der Waals surface area contributed by atoms with E-state index in [1.165, 1.54) is 24.4 Å². The number of hydrazone groups is 1. The molecule has 0 saturated heterocycles. The maximum Gasteiger partial charge on any atom is 0.275 e. The summed E-state index contributed by atoms with van der Waals surface area (Å²) >= 11 is 12.0. The molecule has 5 nitrogen and oxygen atoms in total. The maximum atomic E-state index is 12.1. The van der Waals surface area contributed by atoms with Gasteiger partial charge in [-0.05, 0) is 53.9 Å². The normalized spacial score (nSPS) is 10.9. The highest BCUT2D eigenvalue weighted by molar-refractivity contribution is 6.31. The van der Waals surface area contributed by atoms with Crippen LogP contribution in [0.2, 0.25) is 10.0 Å². The quantitative estimate of drug-likeness (QED) is 0.415. The van der Waals surface area contributed by atoms with Gasteiger partial charge in [0.2, 0.25) is 0 Å². The fraction of sp³-hybridized carbons (Fsp3) is 0.0476. The van der Waals surface area contributed by atoms with Crippen LogP contribution in [-0.4, -0.2) is 22.3 Å². The summed E-state index contributed by atoms with van der Waals surface area (Å²) in [5, 5.41) is 24.6. The first-order valence-electron chi connectivity index (χ1n) is 8.31. The number of carbonyl (C=O) groups excluding carboxylic acids is 1. The summed E-state index contributed by atoms with van der Waals surface area (Å²) in [5.74, 6) is -0.809. The molecule has 0 radical (unpaired) electrons. The summed E-state index contributed by atoms with van der Waals surface area (Å²) in [7, 11) is 0. The third-order valence-corrected chi connectivity index (χ3v) is 4.62. The summed E-state index contributed by atoms with van der Waals surface area (Å²) in [4.78, 5) is 12.1. The Morgan fingerprint density at radius 3 is 2.54 bits per heavy atom. The number of halogens is 2. The molecule has 0 saturated carbocycles. The molecular weight excluding hydrogens is 399 g/mol. The molecule has 0 aliphatic carbocycles. The van der Waals surface area contributed by atoms with Crippen LogP contribution in [0.25, 0.3) is 0 Å². The van der Waals surface area contributed by atoms with E-state index in [2.05, 4.69) is 10.5 Å². The van der Waals surface area contributed by atoms with Crippen LogP contribution in [0, 0.1) is 0 Å². The molecule has 28 heavy (non-hydrogen) atoms. The fourth-order valence-corrected chi connectivity index (χ4v) is 2.96. The van der Waals surface area contributed by atoms with E-state index in [9.17, 15) is 15.0 Å². The van der Waals surface area contributed by atoms with E-state index in [1.807, 2.05) is 24.3 Å². The van der Waals surface area contributed by atoms with Crippen LogP contribution in [0.4, 0.5) is 0 Å². The van der Waals surface area contributed by atoms with Crippen molar-refractivity contribution in [2.45, 2.75) is 6.42 Å². The Morgan fingerprint density at radius 1 is 1.00 bits per heavy atom. The highest BCUT2D eigenvalue weighted by Crippen LogP contribution is 2.23. The van der Waals surface area contributed by atoms with Crippen LogP contribution >= 0.6 is 23.2 Å². The number of carbonyl (C=O) groups is 1. The second-order valence-electron chi connectivity index (χ2n) is 6.02. The topological polar surface area (TPSA) is 81.9 Å². The van der Waals surface area contributed by atoms with Gasteiger partial charge in [-0.15, -0.1) is 0 Å². The number of hydrogen-bond donors (Lipinski definition) is 3. The number of nitrogens with zero attached hydrogens (tertiary/aromatic N) is 1. The zero-order chi connectivity index (χ0) is 20.1.